The number of likely N-dealkylation sites (tertiary alicyclic amines) is 1. The summed E-state index contributed by atoms with van der Waals surface area (Å²) in [6.07, 6.45) is 3.50. The smallest absolute Gasteiger partial charge is 0.247 e. The molecule has 4 rings (SSSR count). The van der Waals surface area contributed by atoms with E-state index in [9.17, 15) is 18.0 Å². The zero-order valence-electron chi connectivity index (χ0n) is 19.4. The highest BCUT2D eigenvalue weighted by atomic mass is 19.1. The molecular formula is C28H24F3N3O2. The van der Waals surface area contributed by atoms with Crippen LogP contribution in [0.2, 0.25) is 0 Å². The van der Waals surface area contributed by atoms with E-state index in [1.165, 1.54) is 42.5 Å². The summed E-state index contributed by atoms with van der Waals surface area (Å²) in [5.41, 5.74) is 3.48. The molecule has 0 bridgehead atoms. The molecule has 8 heteroatoms. The van der Waals surface area contributed by atoms with Crippen molar-refractivity contribution < 1.29 is 22.8 Å². The van der Waals surface area contributed by atoms with E-state index >= 15 is 0 Å². The lowest BCUT2D eigenvalue weighted by Gasteiger charge is -2.27. The van der Waals surface area contributed by atoms with Gasteiger partial charge in [0.2, 0.25) is 5.91 Å². The number of halogens is 3. The van der Waals surface area contributed by atoms with Gasteiger partial charge in [-0.25, -0.2) is 13.2 Å². The fourth-order valence-electron chi connectivity index (χ4n) is 3.86. The van der Waals surface area contributed by atoms with Crippen LogP contribution in [0, 0.1) is 22.9 Å². The van der Waals surface area contributed by atoms with Crippen LogP contribution in [0.15, 0.2) is 78.0 Å². The predicted molar refractivity (Wildman–Crippen MR) is 132 cm³/mol. The monoisotopic (exact) mass is 491 g/mol. The Bertz CT molecular complexity index is 1250. The molecule has 1 aliphatic rings. The lowest BCUT2D eigenvalue weighted by Crippen LogP contribution is -2.37. The molecule has 5 nitrogen and oxygen atoms in total. The molecule has 3 aromatic rings. The number of hydrogen-bond donors (Lipinski definition) is 1. The average molecular weight is 492 g/mol. The SMILES string of the molecule is N=Cc1ccc(CON=C2CCN(C(=O)C=C(c3ccc(F)cc3)c3ccc(F)cc3)CC2)cc1F. The largest absolute Gasteiger partial charge is 0.391 e. The number of amides is 1. The van der Waals surface area contributed by atoms with Crippen LogP contribution in [0.4, 0.5) is 13.2 Å². The average Bonchev–Trinajstić information content (AvgIpc) is 2.89. The van der Waals surface area contributed by atoms with E-state index in [-0.39, 0.29) is 29.7 Å². The van der Waals surface area contributed by atoms with Crippen molar-refractivity contribution in [1.82, 2.24) is 4.90 Å². The first kappa shape index (κ1) is 24.9. The highest BCUT2D eigenvalue weighted by molar-refractivity contribution is 6.00. The summed E-state index contributed by atoms with van der Waals surface area (Å²) >= 11 is 0. The van der Waals surface area contributed by atoms with Crippen LogP contribution in [0.3, 0.4) is 0 Å². The van der Waals surface area contributed by atoms with Gasteiger partial charge in [0.1, 0.15) is 24.1 Å². The van der Waals surface area contributed by atoms with Crippen molar-refractivity contribution in [1.29, 1.82) is 5.41 Å². The zero-order chi connectivity index (χ0) is 25.5. The summed E-state index contributed by atoms with van der Waals surface area (Å²) in [6.45, 7) is 0.989. The number of hydrogen-bond acceptors (Lipinski definition) is 4. The highest BCUT2D eigenvalue weighted by Gasteiger charge is 2.20. The van der Waals surface area contributed by atoms with Crippen molar-refractivity contribution >= 4 is 23.4 Å². The van der Waals surface area contributed by atoms with Gasteiger partial charge in [0.05, 0.1) is 5.71 Å². The van der Waals surface area contributed by atoms with Crippen LogP contribution < -0.4 is 0 Å². The normalized spacial score (nSPS) is 13.2. The van der Waals surface area contributed by atoms with E-state index in [0.717, 1.165) is 11.9 Å². The third kappa shape index (κ3) is 6.27. The summed E-state index contributed by atoms with van der Waals surface area (Å²) < 4.78 is 40.7. The first-order chi connectivity index (χ1) is 17.4. The maximum absolute atomic E-state index is 13.8. The second-order valence-corrected chi connectivity index (χ2v) is 8.33. The Kier molecular flexibility index (Phi) is 7.95. The lowest BCUT2D eigenvalue weighted by molar-refractivity contribution is -0.126. The van der Waals surface area contributed by atoms with E-state index in [4.69, 9.17) is 10.2 Å². The number of carbonyl (C=O) groups excluding carboxylic acids is 1. The topological polar surface area (TPSA) is 65.8 Å². The summed E-state index contributed by atoms with van der Waals surface area (Å²) in [5.74, 6) is -1.47. The van der Waals surface area contributed by atoms with E-state index in [0.29, 0.717) is 48.2 Å². The Morgan fingerprint density at radius 3 is 2.03 bits per heavy atom. The molecule has 0 saturated carbocycles. The van der Waals surface area contributed by atoms with Gasteiger partial charge in [-0.2, -0.15) is 0 Å². The highest BCUT2D eigenvalue weighted by Crippen LogP contribution is 2.25. The van der Waals surface area contributed by atoms with Crippen LogP contribution in [-0.2, 0) is 16.2 Å². The van der Waals surface area contributed by atoms with Gasteiger partial charge in [-0.3, -0.25) is 4.79 Å². The fourth-order valence-corrected chi connectivity index (χ4v) is 3.86. The van der Waals surface area contributed by atoms with Crippen LogP contribution in [0.1, 0.15) is 35.1 Å². The first-order valence-electron chi connectivity index (χ1n) is 11.4. The second kappa shape index (κ2) is 11.5. The third-order valence-corrected chi connectivity index (χ3v) is 5.88. The van der Waals surface area contributed by atoms with Crippen LogP contribution >= 0.6 is 0 Å². The van der Waals surface area contributed by atoms with Gasteiger partial charge in [0.25, 0.3) is 0 Å². The minimum atomic E-state index is -0.487. The van der Waals surface area contributed by atoms with Gasteiger partial charge >= 0.3 is 0 Å². The lowest BCUT2D eigenvalue weighted by atomic mass is 9.97. The summed E-state index contributed by atoms with van der Waals surface area (Å²) in [7, 11) is 0. The minimum Gasteiger partial charge on any atom is -0.391 e. The number of rotatable bonds is 7. The molecule has 0 radical (unpaired) electrons. The van der Waals surface area contributed by atoms with E-state index in [1.807, 2.05) is 0 Å². The zero-order valence-corrected chi connectivity index (χ0v) is 19.4. The van der Waals surface area contributed by atoms with E-state index < -0.39 is 5.82 Å². The molecular weight excluding hydrogens is 467 g/mol. The molecule has 3 aromatic carbocycles. The summed E-state index contributed by atoms with van der Waals surface area (Å²) in [5, 5.41) is 11.3. The van der Waals surface area contributed by atoms with E-state index in [2.05, 4.69) is 5.16 Å². The molecule has 1 aliphatic heterocycles. The molecule has 1 heterocycles. The van der Waals surface area contributed by atoms with Crippen molar-refractivity contribution in [3.63, 3.8) is 0 Å². The molecule has 36 heavy (non-hydrogen) atoms. The van der Waals surface area contributed by atoms with Gasteiger partial charge in [0.15, 0.2) is 0 Å². The Labute approximate surface area is 207 Å². The van der Waals surface area contributed by atoms with Crippen LogP contribution in [-0.4, -0.2) is 35.8 Å². The van der Waals surface area contributed by atoms with Gasteiger partial charge < -0.3 is 15.1 Å². The maximum Gasteiger partial charge on any atom is 0.247 e. The Hall–Kier alpha value is -4.20. The third-order valence-electron chi connectivity index (χ3n) is 5.88. The summed E-state index contributed by atoms with van der Waals surface area (Å²) in [4.78, 5) is 20.1. The van der Waals surface area contributed by atoms with Gasteiger partial charge in [-0.05, 0) is 52.6 Å². The molecule has 0 spiro atoms. The van der Waals surface area contributed by atoms with Crippen LogP contribution in [0.5, 0.6) is 0 Å². The van der Waals surface area contributed by atoms with Crippen LogP contribution in [0.25, 0.3) is 5.57 Å². The first-order valence-corrected chi connectivity index (χ1v) is 11.4. The summed E-state index contributed by atoms with van der Waals surface area (Å²) in [6, 6.07) is 16.1. The molecule has 0 aliphatic carbocycles. The number of carbonyl (C=O) groups is 1. The minimum absolute atomic E-state index is 0.1000. The number of nitrogens with one attached hydrogen (secondary N) is 1. The maximum atomic E-state index is 13.8. The molecule has 0 unspecified atom stereocenters. The molecule has 0 aromatic heterocycles. The van der Waals surface area contributed by atoms with Gasteiger partial charge in [-0.1, -0.05) is 41.6 Å². The Morgan fingerprint density at radius 1 is 0.917 bits per heavy atom. The van der Waals surface area contributed by atoms with E-state index in [1.54, 1.807) is 35.2 Å². The molecule has 184 valence electrons. The number of piperidine rings is 1. The van der Waals surface area contributed by atoms with Gasteiger partial charge in [-0.15, -0.1) is 0 Å². The van der Waals surface area contributed by atoms with Crippen molar-refractivity contribution in [3.05, 3.63) is 113 Å². The predicted octanol–water partition coefficient (Wildman–Crippen LogP) is 5.73. The molecule has 0 atom stereocenters. The molecule has 1 amide bonds. The van der Waals surface area contributed by atoms with Gasteiger partial charge in [0, 0.05) is 43.8 Å². The molecule has 1 N–H and O–H groups in total. The van der Waals surface area contributed by atoms with Crippen molar-refractivity contribution in [2.45, 2.75) is 19.4 Å². The quantitative estimate of drug-likeness (QED) is 0.261. The second-order valence-electron chi connectivity index (χ2n) is 8.33. The Balaban J connectivity index is 1.40. The fraction of sp³-hybridized carbons (Fsp3) is 0.179. The number of nitrogens with zero attached hydrogens (tertiary/aromatic N) is 2. The number of benzene rings is 3. The standard InChI is InChI=1S/C28H24F3N3O2/c29-23-7-3-20(4-8-23)26(21-5-9-24(30)10-6-21)16-28(35)34-13-11-25(12-14-34)33-36-18-19-1-2-22(17-32)27(31)15-19/h1-10,15-17,32H,11-14,18H2. The molecule has 1 saturated heterocycles. The van der Waals surface area contributed by atoms with Crippen molar-refractivity contribution in [2.24, 2.45) is 5.16 Å². The van der Waals surface area contributed by atoms with Crippen molar-refractivity contribution in [3.8, 4) is 0 Å². The number of oxime groups is 1. The van der Waals surface area contributed by atoms with Crippen molar-refractivity contribution in [2.75, 3.05) is 13.1 Å². The Morgan fingerprint density at radius 2 is 1.50 bits per heavy atom. The molecule has 1 fully saturated rings.